The molecule has 1 atom stereocenters. The van der Waals surface area contributed by atoms with Gasteiger partial charge in [-0.2, -0.15) is 0 Å². The van der Waals surface area contributed by atoms with Crippen molar-refractivity contribution in [3.8, 4) is 0 Å². The van der Waals surface area contributed by atoms with Crippen LogP contribution in [-0.2, 0) is 6.54 Å². The summed E-state index contributed by atoms with van der Waals surface area (Å²) in [5.41, 5.74) is 6.58. The van der Waals surface area contributed by atoms with Crippen molar-refractivity contribution in [1.29, 1.82) is 0 Å². The van der Waals surface area contributed by atoms with E-state index in [2.05, 4.69) is 15.0 Å². The first-order valence-corrected chi connectivity index (χ1v) is 5.98. The minimum atomic E-state index is 0.0380. The van der Waals surface area contributed by atoms with E-state index in [1.54, 1.807) is 11.3 Å². The third-order valence-electron chi connectivity index (χ3n) is 2.28. The number of nitrogens with zero attached hydrogens (tertiary/aromatic N) is 3. The van der Waals surface area contributed by atoms with Gasteiger partial charge >= 0.3 is 0 Å². The van der Waals surface area contributed by atoms with E-state index >= 15 is 0 Å². The zero-order valence-corrected chi connectivity index (χ0v) is 10.7. The van der Waals surface area contributed by atoms with Gasteiger partial charge in [0.2, 0.25) is 0 Å². The summed E-state index contributed by atoms with van der Waals surface area (Å²) in [5, 5.41) is 14.7. The van der Waals surface area contributed by atoms with Crippen LogP contribution in [0.25, 0.3) is 0 Å². The van der Waals surface area contributed by atoms with Gasteiger partial charge in [-0.3, -0.25) is 4.90 Å². The average Bonchev–Trinajstić information content (AvgIpc) is 2.62. The highest BCUT2D eigenvalue weighted by Crippen LogP contribution is 2.11. The van der Waals surface area contributed by atoms with Crippen molar-refractivity contribution in [1.82, 2.24) is 9.88 Å². The zero-order valence-electron chi connectivity index (χ0n) is 9.84. The molecule has 1 rings (SSSR count). The van der Waals surface area contributed by atoms with Gasteiger partial charge in [0.25, 0.3) is 0 Å². The first kappa shape index (κ1) is 12.9. The molecule has 0 aliphatic carbocycles. The van der Waals surface area contributed by atoms with E-state index in [1.807, 2.05) is 26.3 Å². The van der Waals surface area contributed by atoms with Crippen LogP contribution in [0.15, 0.2) is 10.5 Å². The van der Waals surface area contributed by atoms with Crippen LogP contribution >= 0.6 is 11.3 Å². The van der Waals surface area contributed by atoms with Crippen LogP contribution < -0.4 is 5.73 Å². The van der Waals surface area contributed by atoms with Crippen molar-refractivity contribution in [2.75, 3.05) is 13.6 Å². The lowest BCUT2D eigenvalue weighted by molar-refractivity contribution is 0.290. The van der Waals surface area contributed by atoms with Crippen LogP contribution in [0.3, 0.4) is 0 Å². The number of thiazole rings is 1. The van der Waals surface area contributed by atoms with Gasteiger partial charge in [-0.15, -0.1) is 11.3 Å². The number of rotatable bonds is 5. The van der Waals surface area contributed by atoms with Gasteiger partial charge in [0.05, 0.1) is 6.54 Å². The molecule has 1 aromatic heterocycles. The standard InChI is InChI=1S/C10H18N4OS/c1-7(10(11)13-15)4-14(3)5-9-12-8(2)6-16-9/h6-7,15H,4-5H2,1-3H3,(H2,11,13). The predicted molar refractivity (Wildman–Crippen MR) is 65.8 cm³/mol. The third kappa shape index (κ3) is 3.79. The van der Waals surface area contributed by atoms with Crippen LogP contribution in [0.2, 0.25) is 0 Å². The molecule has 0 saturated carbocycles. The fourth-order valence-electron chi connectivity index (χ4n) is 1.43. The van der Waals surface area contributed by atoms with Crippen LogP contribution in [-0.4, -0.2) is 34.5 Å². The van der Waals surface area contributed by atoms with Crippen LogP contribution in [0.1, 0.15) is 17.6 Å². The summed E-state index contributed by atoms with van der Waals surface area (Å²) in [4.78, 5) is 6.50. The normalized spacial score (nSPS) is 14.4. The molecule has 16 heavy (non-hydrogen) atoms. The number of aromatic nitrogens is 1. The number of hydrogen-bond donors (Lipinski definition) is 2. The molecular weight excluding hydrogens is 224 g/mol. The second-order valence-electron chi connectivity index (χ2n) is 4.01. The molecule has 0 aromatic carbocycles. The lowest BCUT2D eigenvalue weighted by atomic mass is 10.1. The van der Waals surface area contributed by atoms with Crippen molar-refractivity contribution < 1.29 is 5.21 Å². The Morgan fingerprint density at radius 1 is 1.75 bits per heavy atom. The summed E-state index contributed by atoms with van der Waals surface area (Å²) >= 11 is 1.66. The SMILES string of the molecule is Cc1csc(CN(C)CC(C)C(N)=NO)n1. The molecule has 5 nitrogen and oxygen atoms in total. The monoisotopic (exact) mass is 242 g/mol. The molecule has 0 aliphatic heterocycles. The lowest BCUT2D eigenvalue weighted by Crippen LogP contribution is -2.32. The van der Waals surface area contributed by atoms with E-state index < -0.39 is 0 Å². The average molecular weight is 242 g/mol. The molecule has 0 amide bonds. The summed E-state index contributed by atoms with van der Waals surface area (Å²) in [6.45, 7) is 5.45. The van der Waals surface area contributed by atoms with Crippen LogP contribution in [0.5, 0.6) is 0 Å². The summed E-state index contributed by atoms with van der Waals surface area (Å²) in [7, 11) is 2.00. The molecule has 0 fully saturated rings. The Bertz CT molecular complexity index is 363. The molecule has 0 aliphatic rings. The maximum Gasteiger partial charge on any atom is 0.143 e. The van der Waals surface area contributed by atoms with Crippen LogP contribution in [0, 0.1) is 12.8 Å². The largest absolute Gasteiger partial charge is 0.409 e. The second kappa shape index (κ2) is 5.81. The molecule has 0 radical (unpaired) electrons. The molecule has 3 N–H and O–H groups in total. The van der Waals surface area contributed by atoms with Crippen molar-refractivity contribution in [3.63, 3.8) is 0 Å². The van der Waals surface area contributed by atoms with E-state index in [1.165, 1.54) is 0 Å². The Balaban J connectivity index is 2.44. The van der Waals surface area contributed by atoms with E-state index in [-0.39, 0.29) is 11.8 Å². The predicted octanol–water partition coefficient (Wildman–Crippen LogP) is 1.27. The van der Waals surface area contributed by atoms with E-state index in [9.17, 15) is 0 Å². The number of nitrogens with two attached hydrogens (primary N) is 1. The van der Waals surface area contributed by atoms with Gasteiger partial charge in [0.1, 0.15) is 10.8 Å². The Morgan fingerprint density at radius 2 is 2.44 bits per heavy atom. The van der Waals surface area contributed by atoms with E-state index in [0.29, 0.717) is 0 Å². The van der Waals surface area contributed by atoms with Crippen molar-refractivity contribution in [2.45, 2.75) is 20.4 Å². The quantitative estimate of drug-likeness (QED) is 0.353. The molecule has 1 aromatic rings. The van der Waals surface area contributed by atoms with Gasteiger partial charge in [-0.05, 0) is 14.0 Å². The maximum atomic E-state index is 8.55. The first-order valence-electron chi connectivity index (χ1n) is 5.10. The van der Waals surface area contributed by atoms with Crippen molar-refractivity contribution in [2.24, 2.45) is 16.8 Å². The minimum absolute atomic E-state index is 0.0380. The molecule has 6 heteroatoms. The van der Waals surface area contributed by atoms with Gasteiger partial charge in [-0.1, -0.05) is 12.1 Å². The molecule has 0 bridgehead atoms. The highest BCUT2D eigenvalue weighted by molar-refractivity contribution is 7.09. The summed E-state index contributed by atoms with van der Waals surface area (Å²) in [6.07, 6.45) is 0. The fourth-order valence-corrected chi connectivity index (χ4v) is 2.28. The van der Waals surface area contributed by atoms with Gasteiger partial charge in [-0.25, -0.2) is 4.98 Å². The smallest absolute Gasteiger partial charge is 0.143 e. The maximum absolute atomic E-state index is 8.55. The molecular formula is C10H18N4OS. The van der Waals surface area contributed by atoms with Gasteiger partial charge in [0, 0.05) is 23.5 Å². The lowest BCUT2D eigenvalue weighted by Gasteiger charge is -2.19. The summed E-state index contributed by atoms with van der Waals surface area (Å²) in [5.74, 6) is 0.304. The van der Waals surface area contributed by atoms with Crippen molar-refractivity contribution in [3.05, 3.63) is 16.1 Å². The number of oxime groups is 1. The number of hydrogen-bond acceptors (Lipinski definition) is 5. The second-order valence-corrected chi connectivity index (χ2v) is 4.95. The van der Waals surface area contributed by atoms with Crippen molar-refractivity contribution >= 4 is 17.2 Å². The molecule has 0 saturated heterocycles. The van der Waals surface area contributed by atoms with Gasteiger partial charge < -0.3 is 10.9 Å². The zero-order chi connectivity index (χ0) is 12.1. The minimum Gasteiger partial charge on any atom is -0.409 e. The Kier molecular flexibility index (Phi) is 4.70. The molecule has 1 heterocycles. The van der Waals surface area contributed by atoms with E-state index in [4.69, 9.17) is 10.9 Å². The number of amidine groups is 1. The third-order valence-corrected chi connectivity index (χ3v) is 3.23. The Labute approximate surface area is 99.6 Å². The Hall–Kier alpha value is -1.14. The number of aryl methyl sites for hydroxylation is 1. The van der Waals surface area contributed by atoms with E-state index in [0.717, 1.165) is 23.8 Å². The summed E-state index contributed by atoms with van der Waals surface area (Å²) in [6, 6.07) is 0. The topological polar surface area (TPSA) is 74.7 Å². The highest BCUT2D eigenvalue weighted by atomic mass is 32.1. The van der Waals surface area contributed by atoms with Crippen LogP contribution in [0.4, 0.5) is 0 Å². The molecule has 1 unspecified atom stereocenters. The molecule has 90 valence electrons. The highest BCUT2D eigenvalue weighted by Gasteiger charge is 2.12. The Morgan fingerprint density at radius 3 is 2.94 bits per heavy atom. The summed E-state index contributed by atoms with van der Waals surface area (Å²) < 4.78 is 0. The molecule has 0 spiro atoms. The fraction of sp³-hybridized carbons (Fsp3) is 0.600. The van der Waals surface area contributed by atoms with Gasteiger partial charge in [0.15, 0.2) is 0 Å². The first-order chi connectivity index (χ1) is 7.52.